The van der Waals surface area contributed by atoms with Crippen molar-refractivity contribution in [2.75, 3.05) is 0 Å². The van der Waals surface area contributed by atoms with E-state index in [1.807, 2.05) is 0 Å². The molecular weight excluding hydrogens is 665 g/mol. The third kappa shape index (κ3) is 6.64. The molecule has 0 nitrogen and oxygen atoms in total. The van der Waals surface area contributed by atoms with Gasteiger partial charge >= 0.3 is 25.8 Å². The summed E-state index contributed by atoms with van der Waals surface area (Å²) < 4.78 is 0. The first kappa shape index (κ1) is 30.2. The van der Waals surface area contributed by atoms with Gasteiger partial charge in [0.1, 0.15) is 0 Å². The fraction of sp³-hybridized carbons (Fsp3) is 0.0625. The molecule has 0 fully saturated rings. The summed E-state index contributed by atoms with van der Waals surface area (Å²) in [5.74, 6) is 0. The van der Waals surface area contributed by atoms with Gasteiger partial charge < -0.3 is 24.8 Å². The summed E-state index contributed by atoms with van der Waals surface area (Å²) in [5.41, 5.74) is 2.74. The number of halogens is 2. The Labute approximate surface area is 246 Å². The maximum Gasteiger partial charge on any atom is 4.00 e. The van der Waals surface area contributed by atoms with E-state index in [9.17, 15) is 0 Å². The van der Waals surface area contributed by atoms with Gasteiger partial charge in [-0.1, -0.05) is 85.3 Å². The zero-order valence-electron chi connectivity index (χ0n) is 20.3. The maximum absolute atomic E-state index is 2.35. The van der Waals surface area contributed by atoms with Gasteiger partial charge in [-0.3, -0.25) is 0 Å². The molecule has 0 aliphatic heterocycles. The van der Waals surface area contributed by atoms with Crippen LogP contribution < -0.4 is 40.7 Å². The van der Waals surface area contributed by atoms with Crippen LogP contribution in [0.1, 0.15) is 11.1 Å². The van der Waals surface area contributed by atoms with Gasteiger partial charge in [-0.15, -0.1) is 68.8 Å². The summed E-state index contributed by atoms with van der Waals surface area (Å²) >= 11 is 0. The Bertz CT molecular complexity index is 1380. The fourth-order valence-electron chi connectivity index (χ4n) is 4.40. The smallest absolute Gasteiger partial charge is 1.00 e. The molecule has 4 heteroatoms. The van der Waals surface area contributed by atoms with Crippen LogP contribution in [-0.2, 0) is 25.8 Å². The predicted octanol–water partition coefficient (Wildman–Crippen LogP) is 1.50. The number of hydrogen-bond acceptors (Lipinski definition) is 0. The van der Waals surface area contributed by atoms with Gasteiger partial charge in [0.2, 0.25) is 0 Å². The molecule has 0 aliphatic rings. The van der Waals surface area contributed by atoms with Crippen LogP contribution in [0.2, 0.25) is 0 Å². The van der Waals surface area contributed by atoms with Crippen LogP contribution >= 0.6 is 7.92 Å². The van der Waals surface area contributed by atoms with Crippen LogP contribution in [0, 0.1) is 13.8 Å². The zero-order valence-corrected chi connectivity index (χ0v) is 26.3. The van der Waals surface area contributed by atoms with E-state index in [-0.39, 0.29) is 50.7 Å². The van der Waals surface area contributed by atoms with Gasteiger partial charge in [0, 0.05) is 0 Å². The minimum Gasteiger partial charge on any atom is -1.00 e. The Morgan fingerprint density at radius 2 is 1.17 bits per heavy atom. The second-order valence-corrected chi connectivity index (χ2v) is 10.6. The topological polar surface area (TPSA) is 0 Å². The Kier molecular flexibility index (Phi) is 11.8. The summed E-state index contributed by atoms with van der Waals surface area (Å²) in [6, 6.07) is 45.8. The Morgan fingerprint density at radius 1 is 0.611 bits per heavy atom. The first-order valence-electron chi connectivity index (χ1n) is 11.4. The third-order valence-electron chi connectivity index (χ3n) is 6.14. The number of fused-ring (bicyclic) bond motifs is 2. The van der Waals surface area contributed by atoms with Crippen molar-refractivity contribution in [2.24, 2.45) is 0 Å². The van der Waals surface area contributed by atoms with Crippen molar-refractivity contribution in [1.82, 2.24) is 0 Å². The van der Waals surface area contributed by atoms with Crippen molar-refractivity contribution in [1.29, 1.82) is 0 Å². The van der Waals surface area contributed by atoms with Crippen LogP contribution in [0.4, 0.5) is 0 Å². The molecule has 6 aromatic carbocycles. The summed E-state index contributed by atoms with van der Waals surface area (Å²) in [4.78, 5) is 0. The number of benzene rings is 4. The van der Waals surface area contributed by atoms with Crippen molar-refractivity contribution < 1.29 is 50.7 Å². The van der Waals surface area contributed by atoms with Crippen LogP contribution in [0.15, 0.2) is 127 Å². The third-order valence-corrected chi connectivity index (χ3v) is 8.54. The van der Waals surface area contributed by atoms with E-state index in [1.165, 1.54) is 48.6 Å². The van der Waals surface area contributed by atoms with Gasteiger partial charge in [0.15, 0.2) is 0 Å². The molecule has 36 heavy (non-hydrogen) atoms. The Morgan fingerprint density at radius 3 is 1.75 bits per heavy atom. The summed E-state index contributed by atoms with van der Waals surface area (Å²) in [5, 5.41) is 9.68. The van der Waals surface area contributed by atoms with Crippen molar-refractivity contribution in [2.45, 2.75) is 13.8 Å². The molecule has 0 radical (unpaired) electrons. The number of aryl methyl sites for hydroxylation is 2. The van der Waals surface area contributed by atoms with Gasteiger partial charge in [-0.05, 0) is 25.5 Å². The van der Waals surface area contributed by atoms with E-state index in [2.05, 4.69) is 141 Å². The molecule has 0 aliphatic carbocycles. The van der Waals surface area contributed by atoms with Gasteiger partial charge in [0.25, 0.3) is 0 Å². The molecule has 0 spiro atoms. The summed E-state index contributed by atoms with van der Waals surface area (Å²) in [6.45, 7) is 4.31. The average molecular weight is 692 g/mol. The molecule has 0 heterocycles. The van der Waals surface area contributed by atoms with E-state index in [0.29, 0.717) is 0 Å². The van der Waals surface area contributed by atoms with E-state index in [4.69, 9.17) is 0 Å². The molecule has 0 N–H and O–H groups in total. The molecule has 0 aromatic heterocycles. The molecule has 0 saturated heterocycles. The molecule has 178 valence electrons. The largest absolute Gasteiger partial charge is 4.00 e. The molecule has 0 amide bonds. The SMILES string of the molecule is Cc1ccc(C)c2[cH-]ccc12.[Cl-].[Cl-].[Hf+4].c1ccc(P(c2ccccc2)c2cc3ccccc3[cH-]2)cc1. The maximum atomic E-state index is 2.35. The monoisotopic (exact) mass is 692 g/mol. The normalized spacial score (nSPS) is 10.1. The first-order chi connectivity index (χ1) is 16.2. The van der Waals surface area contributed by atoms with E-state index in [0.717, 1.165) is 0 Å². The quantitative estimate of drug-likeness (QED) is 0.150. The predicted molar refractivity (Wildman–Crippen MR) is 147 cm³/mol. The Hall–Kier alpha value is -2.02. The standard InChI is InChI=1S/C21H16P.C11H11.2ClH.Hf/c1-3-11-19(12-4-1)22(20-13-5-2-6-14-20)21-15-17-9-7-8-10-18(17)16-21;1-8-6-7-9(2)11-5-3-4-10(8)11;;;/h1-16H;3-7H,1-2H3;2*1H;/q2*-1;;;+4/p-2. The first-order valence-corrected chi connectivity index (χ1v) is 12.7. The Balaban J connectivity index is 0.000000279. The molecule has 0 atom stereocenters. The van der Waals surface area contributed by atoms with E-state index in [1.54, 1.807) is 0 Å². The molecule has 0 unspecified atom stereocenters. The average Bonchev–Trinajstić information content (AvgIpc) is 3.52. The van der Waals surface area contributed by atoms with Crippen LogP contribution in [0.3, 0.4) is 0 Å². The van der Waals surface area contributed by atoms with Crippen molar-refractivity contribution >= 4 is 45.4 Å². The number of rotatable bonds is 3. The van der Waals surface area contributed by atoms with Gasteiger partial charge in [-0.2, -0.15) is 18.2 Å². The van der Waals surface area contributed by atoms with E-state index >= 15 is 0 Å². The molecule has 0 bridgehead atoms. The van der Waals surface area contributed by atoms with Crippen LogP contribution in [0.5, 0.6) is 0 Å². The fourth-order valence-corrected chi connectivity index (χ4v) is 6.77. The van der Waals surface area contributed by atoms with Crippen molar-refractivity contribution in [3.63, 3.8) is 0 Å². The molecular formula is C32H27Cl2HfP. The minimum atomic E-state index is -0.493. The summed E-state index contributed by atoms with van der Waals surface area (Å²) in [6.07, 6.45) is 0. The van der Waals surface area contributed by atoms with E-state index < -0.39 is 7.92 Å². The minimum absolute atomic E-state index is 0. The second-order valence-electron chi connectivity index (χ2n) is 8.40. The summed E-state index contributed by atoms with van der Waals surface area (Å²) in [7, 11) is -0.493. The second kappa shape index (κ2) is 14.1. The molecule has 6 aromatic rings. The molecule has 0 saturated carbocycles. The van der Waals surface area contributed by atoms with Gasteiger partial charge in [0.05, 0.1) is 0 Å². The van der Waals surface area contributed by atoms with Crippen LogP contribution in [0.25, 0.3) is 21.5 Å². The molecule has 6 rings (SSSR count). The number of hydrogen-bond donors (Lipinski definition) is 0. The van der Waals surface area contributed by atoms with Crippen LogP contribution in [-0.4, -0.2) is 0 Å². The van der Waals surface area contributed by atoms with Crippen molar-refractivity contribution in [3.8, 4) is 0 Å². The zero-order chi connectivity index (χ0) is 22.6. The van der Waals surface area contributed by atoms with Crippen molar-refractivity contribution in [3.05, 3.63) is 139 Å². The van der Waals surface area contributed by atoms with Gasteiger partial charge in [-0.25, -0.2) is 0 Å².